The Bertz CT molecular complexity index is 293. The summed E-state index contributed by atoms with van der Waals surface area (Å²) in [5.41, 5.74) is 0. The van der Waals surface area contributed by atoms with Gasteiger partial charge in [-0.15, -0.1) is 0 Å². The molecular formula is C17H32O6. The molecule has 0 heterocycles. The first kappa shape index (κ1) is 21.9. The lowest BCUT2D eigenvalue weighted by molar-refractivity contribution is -0.148. The molecule has 0 aliphatic heterocycles. The molecular weight excluding hydrogens is 300 g/mol. The van der Waals surface area contributed by atoms with Crippen molar-refractivity contribution in [3.05, 3.63) is 0 Å². The minimum Gasteiger partial charge on any atom is -0.467 e. The third kappa shape index (κ3) is 17.1. The molecule has 0 saturated heterocycles. The van der Waals surface area contributed by atoms with Crippen molar-refractivity contribution in [1.82, 2.24) is 0 Å². The average molecular weight is 332 g/mol. The van der Waals surface area contributed by atoms with Crippen LogP contribution in [0.25, 0.3) is 0 Å². The molecule has 0 fully saturated rings. The molecule has 136 valence electrons. The van der Waals surface area contributed by atoms with Gasteiger partial charge in [0.25, 0.3) is 0 Å². The third-order valence-electron chi connectivity index (χ3n) is 3.29. The van der Waals surface area contributed by atoms with Crippen LogP contribution in [0.1, 0.15) is 58.3 Å². The molecule has 0 aromatic rings. The summed E-state index contributed by atoms with van der Waals surface area (Å²) in [5, 5.41) is 0. The van der Waals surface area contributed by atoms with Crippen LogP contribution in [0.2, 0.25) is 0 Å². The smallest absolute Gasteiger partial charge is 0.331 e. The first-order valence-electron chi connectivity index (χ1n) is 8.58. The summed E-state index contributed by atoms with van der Waals surface area (Å²) in [4.78, 5) is 22.2. The van der Waals surface area contributed by atoms with Crippen molar-refractivity contribution in [3.8, 4) is 0 Å². The average Bonchev–Trinajstić information content (AvgIpc) is 2.56. The first-order chi connectivity index (χ1) is 11.2. The summed E-state index contributed by atoms with van der Waals surface area (Å²) in [7, 11) is 1.31. The van der Waals surface area contributed by atoms with Gasteiger partial charge in [0.05, 0.1) is 26.9 Å². The molecule has 0 aromatic carbocycles. The van der Waals surface area contributed by atoms with Crippen molar-refractivity contribution in [2.45, 2.75) is 58.3 Å². The van der Waals surface area contributed by atoms with Gasteiger partial charge in [0.1, 0.15) is 13.2 Å². The second-order valence-corrected chi connectivity index (χ2v) is 5.33. The lowest BCUT2D eigenvalue weighted by Gasteiger charge is -2.06. The maximum Gasteiger partial charge on any atom is 0.331 e. The van der Waals surface area contributed by atoms with Gasteiger partial charge in [0, 0.05) is 6.42 Å². The van der Waals surface area contributed by atoms with Crippen molar-refractivity contribution in [2.75, 3.05) is 40.1 Å². The van der Waals surface area contributed by atoms with Crippen LogP contribution < -0.4 is 0 Å². The normalized spacial score (nSPS) is 10.5. The summed E-state index contributed by atoms with van der Waals surface area (Å²) in [6, 6.07) is 0. The molecule has 0 bridgehead atoms. The lowest BCUT2D eigenvalue weighted by atomic mass is 10.1. The highest BCUT2D eigenvalue weighted by Gasteiger charge is 2.03. The molecule has 0 unspecified atom stereocenters. The van der Waals surface area contributed by atoms with E-state index in [0.717, 1.165) is 12.8 Å². The topological polar surface area (TPSA) is 71.1 Å². The van der Waals surface area contributed by atoms with Gasteiger partial charge in [-0.1, -0.05) is 45.4 Å². The number of ether oxygens (including phenoxy) is 4. The van der Waals surface area contributed by atoms with Gasteiger partial charge in [-0.25, -0.2) is 4.79 Å². The maximum atomic E-state index is 11.5. The quantitative estimate of drug-likeness (QED) is 0.320. The van der Waals surface area contributed by atoms with Gasteiger partial charge in [-0.05, 0) is 6.42 Å². The number of esters is 2. The third-order valence-corrected chi connectivity index (χ3v) is 3.29. The van der Waals surface area contributed by atoms with Crippen LogP contribution in [0.15, 0.2) is 0 Å². The van der Waals surface area contributed by atoms with Crippen LogP contribution in [0.4, 0.5) is 0 Å². The minimum absolute atomic E-state index is 0.0761. The second kappa shape index (κ2) is 17.2. The van der Waals surface area contributed by atoms with E-state index in [2.05, 4.69) is 11.7 Å². The highest BCUT2D eigenvalue weighted by Crippen LogP contribution is 2.08. The van der Waals surface area contributed by atoms with E-state index in [0.29, 0.717) is 26.2 Å². The summed E-state index contributed by atoms with van der Waals surface area (Å²) >= 11 is 0. The van der Waals surface area contributed by atoms with E-state index in [1.54, 1.807) is 0 Å². The van der Waals surface area contributed by atoms with Gasteiger partial charge < -0.3 is 18.9 Å². The van der Waals surface area contributed by atoms with Gasteiger partial charge in [-0.3, -0.25) is 4.79 Å². The number of methoxy groups -OCH3 is 1. The lowest BCUT2D eigenvalue weighted by Crippen LogP contribution is -2.15. The SMILES string of the molecule is CCCCCCCCCC(=O)OCCOCCOCC(=O)OC. The van der Waals surface area contributed by atoms with E-state index in [4.69, 9.17) is 14.2 Å². The number of unbranched alkanes of at least 4 members (excludes halogenated alkanes) is 6. The Balaban J connectivity index is 3.20. The fraction of sp³-hybridized carbons (Fsp3) is 0.882. The predicted octanol–water partition coefficient (Wildman–Crippen LogP) is 2.88. The largest absolute Gasteiger partial charge is 0.467 e. The number of carbonyl (C=O) groups is 2. The Kier molecular flexibility index (Phi) is 16.4. The van der Waals surface area contributed by atoms with E-state index >= 15 is 0 Å². The van der Waals surface area contributed by atoms with Crippen LogP contribution >= 0.6 is 0 Å². The Labute approximate surface area is 139 Å². The van der Waals surface area contributed by atoms with Crippen molar-refractivity contribution < 1.29 is 28.5 Å². The zero-order chi connectivity index (χ0) is 17.2. The molecule has 0 amide bonds. The number of hydrogen-bond donors (Lipinski definition) is 0. The van der Waals surface area contributed by atoms with Crippen LogP contribution in [0, 0.1) is 0 Å². The Morgan fingerprint density at radius 1 is 0.739 bits per heavy atom. The Hall–Kier alpha value is -1.14. The Morgan fingerprint density at radius 3 is 2.04 bits per heavy atom. The second-order valence-electron chi connectivity index (χ2n) is 5.33. The fourth-order valence-electron chi connectivity index (χ4n) is 1.95. The standard InChI is InChI=1S/C17H32O6/c1-3-4-5-6-7-8-9-10-16(18)23-14-13-21-11-12-22-15-17(19)20-2/h3-15H2,1-2H3. The maximum absolute atomic E-state index is 11.5. The summed E-state index contributed by atoms with van der Waals surface area (Å²) < 4.78 is 19.7. The summed E-state index contributed by atoms with van der Waals surface area (Å²) in [6.45, 7) is 3.38. The van der Waals surface area contributed by atoms with E-state index in [1.165, 1.54) is 39.2 Å². The number of rotatable bonds is 16. The molecule has 0 N–H and O–H groups in total. The fourth-order valence-corrected chi connectivity index (χ4v) is 1.95. The molecule has 23 heavy (non-hydrogen) atoms. The van der Waals surface area contributed by atoms with Gasteiger partial charge in [0.2, 0.25) is 0 Å². The van der Waals surface area contributed by atoms with Crippen LogP contribution in [0.3, 0.4) is 0 Å². The molecule has 0 atom stereocenters. The van der Waals surface area contributed by atoms with Gasteiger partial charge in [-0.2, -0.15) is 0 Å². The Morgan fingerprint density at radius 2 is 1.35 bits per heavy atom. The van der Waals surface area contributed by atoms with Gasteiger partial charge in [0.15, 0.2) is 0 Å². The zero-order valence-electron chi connectivity index (χ0n) is 14.6. The van der Waals surface area contributed by atoms with Gasteiger partial charge >= 0.3 is 11.9 Å². The molecule has 0 saturated carbocycles. The molecule has 0 rings (SSSR count). The van der Waals surface area contributed by atoms with E-state index in [9.17, 15) is 9.59 Å². The highest BCUT2D eigenvalue weighted by molar-refractivity contribution is 5.70. The molecule has 6 nitrogen and oxygen atoms in total. The molecule has 0 aromatic heterocycles. The van der Waals surface area contributed by atoms with E-state index < -0.39 is 5.97 Å². The summed E-state index contributed by atoms with van der Waals surface area (Å²) in [5.74, 6) is -0.576. The van der Waals surface area contributed by atoms with Crippen LogP contribution in [-0.2, 0) is 28.5 Å². The monoisotopic (exact) mass is 332 g/mol. The summed E-state index contributed by atoms with van der Waals surface area (Å²) in [6.07, 6.45) is 8.77. The molecule has 0 aliphatic carbocycles. The van der Waals surface area contributed by atoms with Crippen molar-refractivity contribution in [3.63, 3.8) is 0 Å². The van der Waals surface area contributed by atoms with Crippen LogP contribution in [-0.4, -0.2) is 52.1 Å². The van der Waals surface area contributed by atoms with Crippen LogP contribution in [0.5, 0.6) is 0 Å². The van der Waals surface area contributed by atoms with Crippen molar-refractivity contribution >= 4 is 11.9 Å². The van der Waals surface area contributed by atoms with E-state index in [1.807, 2.05) is 0 Å². The molecule has 0 spiro atoms. The first-order valence-corrected chi connectivity index (χ1v) is 8.58. The van der Waals surface area contributed by atoms with E-state index in [-0.39, 0.29) is 19.2 Å². The highest BCUT2D eigenvalue weighted by atomic mass is 16.6. The molecule has 0 aliphatic rings. The predicted molar refractivity (Wildman–Crippen MR) is 87.2 cm³/mol. The molecule has 6 heteroatoms. The molecule has 0 radical (unpaired) electrons. The minimum atomic E-state index is -0.413. The zero-order valence-corrected chi connectivity index (χ0v) is 14.6. The van der Waals surface area contributed by atoms with Crippen molar-refractivity contribution in [1.29, 1.82) is 0 Å². The number of carbonyl (C=O) groups excluding carboxylic acids is 2. The number of hydrogen-bond acceptors (Lipinski definition) is 6. The van der Waals surface area contributed by atoms with Crippen molar-refractivity contribution in [2.24, 2.45) is 0 Å².